The lowest BCUT2D eigenvalue weighted by atomic mass is 10.2. The third-order valence-corrected chi connectivity index (χ3v) is 2.80. The summed E-state index contributed by atoms with van der Waals surface area (Å²) in [6.07, 6.45) is 0. The molecule has 1 heterocycles. The van der Waals surface area contributed by atoms with Crippen LogP contribution < -0.4 is 0 Å². The normalized spacial score (nSPS) is 10.4. The number of aromatic amines is 1. The maximum absolute atomic E-state index is 12.2. The zero-order valence-electron chi connectivity index (χ0n) is 10.1. The van der Waals surface area contributed by atoms with E-state index in [0.29, 0.717) is 23.0 Å². The lowest BCUT2D eigenvalue weighted by Gasteiger charge is -2.15. The van der Waals surface area contributed by atoms with E-state index in [1.165, 1.54) is 4.90 Å². The molecule has 0 unspecified atom stereocenters. The molecule has 0 atom stereocenters. The fourth-order valence-electron chi connectivity index (χ4n) is 1.58. The average molecular weight is 265 g/mol. The SMILES string of the molecule is Cc1nc(CN(C)C(=O)c2ccccc2Cl)n[nH]1. The van der Waals surface area contributed by atoms with Crippen molar-refractivity contribution >= 4 is 17.5 Å². The summed E-state index contributed by atoms with van der Waals surface area (Å²) in [6, 6.07) is 6.96. The third-order valence-electron chi connectivity index (χ3n) is 2.47. The largest absolute Gasteiger partial charge is 0.334 e. The van der Waals surface area contributed by atoms with Gasteiger partial charge >= 0.3 is 0 Å². The van der Waals surface area contributed by atoms with E-state index in [1.807, 2.05) is 6.92 Å². The van der Waals surface area contributed by atoms with Crippen molar-refractivity contribution < 1.29 is 4.79 Å². The number of hydrogen-bond donors (Lipinski definition) is 1. The molecule has 0 bridgehead atoms. The van der Waals surface area contributed by atoms with Crippen molar-refractivity contribution in [3.8, 4) is 0 Å². The molecule has 0 spiro atoms. The van der Waals surface area contributed by atoms with Crippen molar-refractivity contribution in [3.05, 3.63) is 46.5 Å². The molecular weight excluding hydrogens is 252 g/mol. The Kier molecular flexibility index (Phi) is 3.62. The number of carbonyl (C=O) groups is 1. The first-order chi connectivity index (χ1) is 8.58. The molecule has 0 saturated heterocycles. The van der Waals surface area contributed by atoms with Gasteiger partial charge in [0, 0.05) is 7.05 Å². The Morgan fingerprint density at radius 3 is 2.78 bits per heavy atom. The van der Waals surface area contributed by atoms with Crippen molar-refractivity contribution in [2.75, 3.05) is 7.05 Å². The van der Waals surface area contributed by atoms with Crippen LogP contribution in [0.2, 0.25) is 5.02 Å². The Labute approximate surface area is 110 Å². The number of hydrogen-bond acceptors (Lipinski definition) is 3. The van der Waals surface area contributed by atoms with E-state index >= 15 is 0 Å². The lowest BCUT2D eigenvalue weighted by molar-refractivity contribution is 0.0782. The minimum absolute atomic E-state index is 0.150. The van der Waals surface area contributed by atoms with E-state index < -0.39 is 0 Å². The molecule has 0 aliphatic heterocycles. The number of amides is 1. The Morgan fingerprint density at radius 1 is 1.44 bits per heavy atom. The molecule has 0 aliphatic rings. The number of nitrogens with one attached hydrogen (secondary N) is 1. The van der Waals surface area contributed by atoms with Crippen LogP contribution in [0, 0.1) is 6.92 Å². The molecule has 94 valence electrons. The first-order valence-corrected chi connectivity index (χ1v) is 5.83. The predicted molar refractivity (Wildman–Crippen MR) is 68.4 cm³/mol. The van der Waals surface area contributed by atoms with Gasteiger partial charge in [0.05, 0.1) is 17.1 Å². The van der Waals surface area contributed by atoms with Crippen LogP contribution in [0.5, 0.6) is 0 Å². The summed E-state index contributed by atoms with van der Waals surface area (Å²) in [5.74, 6) is 1.15. The summed E-state index contributed by atoms with van der Waals surface area (Å²) in [5, 5.41) is 7.18. The summed E-state index contributed by atoms with van der Waals surface area (Å²) in [6.45, 7) is 2.15. The summed E-state index contributed by atoms with van der Waals surface area (Å²) in [4.78, 5) is 17.8. The van der Waals surface area contributed by atoms with E-state index in [0.717, 1.165) is 5.82 Å². The van der Waals surface area contributed by atoms with Crippen molar-refractivity contribution in [2.24, 2.45) is 0 Å². The average Bonchev–Trinajstić information content (AvgIpc) is 2.74. The molecule has 0 aliphatic carbocycles. The van der Waals surface area contributed by atoms with Crippen LogP contribution in [0.1, 0.15) is 22.0 Å². The number of nitrogens with zero attached hydrogens (tertiary/aromatic N) is 3. The topological polar surface area (TPSA) is 61.9 Å². The molecule has 1 aromatic carbocycles. The van der Waals surface area contributed by atoms with Crippen molar-refractivity contribution in [1.82, 2.24) is 20.1 Å². The zero-order valence-corrected chi connectivity index (χ0v) is 10.9. The molecule has 1 amide bonds. The van der Waals surface area contributed by atoms with Gasteiger partial charge in [0.2, 0.25) is 0 Å². The van der Waals surface area contributed by atoms with Gasteiger partial charge in [-0.1, -0.05) is 23.7 Å². The molecule has 0 radical (unpaired) electrons. The number of halogens is 1. The Morgan fingerprint density at radius 2 is 2.17 bits per heavy atom. The van der Waals surface area contributed by atoms with E-state index in [1.54, 1.807) is 31.3 Å². The highest BCUT2D eigenvalue weighted by molar-refractivity contribution is 6.33. The molecule has 1 N–H and O–H groups in total. The molecule has 18 heavy (non-hydrogen) atoms. The van der Waals surface area contributed by atoms with Gasteiger partial charge in [-0.05, 0) is 19.1 Å². The second-order valence-corrected chi connectivity index (χ2v) is 4.39. The molecular formula is C12H13ClN4O. The minimum Gasteiger partial charge on any atom is -0.334 e. The number of aromatic nitrogens is 3. The van der Waals surface area contributed by atoms with Gasteiger partial charge in [-0.25, -0.2) is 4.98 Å². The number of carbonyl (C=O) groups excluding carboxylic acids is 1. The number of rotatable bonds is 3. The van der Waals surface area contributed by atoms with Crippen LogP contribution >= 0.6 is 11.6 Å². The highest BCUT2D eigenvalue weighted by Gasteiger charge is 2.16. The summed E-state index contributed by atoms with van der Waals surface area (Å²) < 4.78 is 0. The second-order valence-electron chi connectivity index (χ2n) is 3.98. The summed E-state index contributed by atoms with van der Waals surface area (Å²) >= 11 is 5.99. The Bertz CT molecular complexity index is 567. The highest BCUT2D eigenvalue weighted by atomic mass is 35.5. The Hall–Kier alpha value is -1.88. The molecule has 0 saturated carbocycles. The first-order valence-electron chi connectivity index (χ1n) is 5.46. The fraction of sp³-hybridized carbons (Fsp3) is 0.250. The molecule has 6 heteroatoms. The molecule has 2 rings (SSSR count). The van der Waals surface area contributed by atoms with Crippen LogP contribution in [0.3, 0.4) is 0 Å². The van der Waals surface area contributed by atoms with Gasteiger partial charge in [0.1, 0.15) is 5.82 Å². The van der Waals surface area contributed by atoms with E-state index in [-0.39, 0.29) is 5.91 Å². The van der Waals surface area contributed by atoms with Crippen LogP contribution in [-0.4, -0.2) is 33.0 Å². The zero-order chi connectivity index (χ0) is 13.1. The third kappa shape index (κ3) is 2.68. The van der Waals surface area contributed by atoms with Gasteiger partial charge in [-0.3, -0.25) is 9.89 Å². The molecule has 0 fully saturated rings. The number of aryl methyl sites for hydroxylation is 1. The number of benzene rings is 1. The van der Waals surface area contributed by atoms with Gasteiger partial charge in [0.25, 0.3) is 5.91 Å². The summed E-state index contributed by atoms with van der Waals surface area (Å²) in [5.41, 5.74) is 0.480. The minimum atomic E-state index is -0.150. The van der Waals surface area contributed by atoms with E-state index in [4.69, 9.17) is 11.6 Å². The van der Waals surface area contributed by atoms with Crippen molar-refractivity contribution in [2.45, 2.75) is 13.5 Å². The van der Waals surface area contributed by atoms with Gasteiger partial charge < -0.3 is 4.90 Å². The quantitative estimate of drug-likeness (QED) is 0.923. The predicted octanol–water partition coefficient (Wildman–Crippen LogP) is 2.04. The smallest absolute Gasteiger partial charge is 0.255 e. The Balaban J connectivity index is 2.12. The van der Waals surface area contributed by atoms with Crippen LogP contribution in [0.4, 0.5) is 0 Å². The standard InChI is InChI=1S/C12H13ClN4O/c1-8-14-11(16-15-8)7-17(2)12(18)9-5-3-4-6-10(9)13/h3-6H,7H2,1-2H3,(H,14,15,16). The molecule has 5 nitrogen and oxygen atoms in total. The molecule has 1 aromatic heterocycles. The maximum atomic E-state index is 12.2. The van der Waals surface area contributed by atoms with Gasteiger partial charge in [0.15, 0.2) is 5.82 Å². The van der Waals surface area contributed by atoms with Crippen molar-refractivity contribution in [1.29, 1.82) is 0 Å². The first kappa shape index (κ1) is 12.6. The fourth-order valence-corrected chi connectivity index (χ4v) is 1.80. The van der Waals surface area contributed by atoms with Crippen LogP contribution in [0.15, 0.2) is 24.3 Å². The van der Waals surface area contributed by atoms with Crippen LogP contribution in [-0.2, 0) is 6.54 Å². The van der Waals surface area contributed by atoms with Gasteiger partial charge in [-0.15, -0.1) is 0 Å². The van der Waals surface area contributed by atoms with E-state index in [9.17, 15) is 4.79 Å². The highest BCUT2D eigenvalue weighted by Crippen LogP contribution is 2.17. The van der Waals surface area contributed by atoms with E-state index in [2.05, 4.69) is 15.2 Å². The summed E-state index contributed by atoms with van der Waals surface area (Å²) in [7, 11) is 1.69. The van der Waals surface area contributed by atoms with Crippen LogP contribution in [0.25, 0.3) is 0 Å². The maximum Gasteiger partial charge on any atom is 0.255 e. The van der Waals surface area contributed by atoms with Gasteiger partial charge in [-0.2, -0.15) is 5.10 Å². The second kappa shape index (κ2) is 5.18. The number of H-pyrrole nitrogens is 1. The van der Waals surface area contributed by atoms with Crippen molar-refractivity contribution in [3.63, 3.8) is 0 Å². The lowest BCUT2D eigenvalue weighted by Crippen LogP contribution is -2.27. The monoisotopic (exact) mass is 264 g/mol. The molecule has 2 aromatic rings.